The van der Waals surface area contributed by atoms with Gasteiger partial charge in [-0.05, 0) is 61.7 Å². The van der Waals surface area contributed by atoms with Gasteiger partial charge in [0.1, 0.15) is 0 Å². The number of likely N-dealkylation sites (tertiary alicyclic amines) is 2. The molecule has 0 saturated carbocycles. The minimum absolute atomic E-state index is 0.0468. The Morgan fingerprint density at radius 3 is 1.38 bits per heavy atom. The number of ether oxygens (including phenoxy) is 1. The van der Waals surface area contributed by atoms with Crippen molar-refractivity contribution in [3.05, 3.63) is 71.8 Å². The van der Waals surface area contributed by atoms with Crippen molar-refractivity contribution in [2.75, 3.05) is 39.3 Å². The normalized spacial score (nSPS) is 24.1. The molecule has 2 saturated heterocycles. The zero-order valence-electron chi connectivity index (χ0n) is 20.7. The highest BCUT2D eigenvalue weighted by Crippen LogP contribution is 2.34. The van der Waals surface area contributed by atoms with Crippen molar-refractivity contribution in [1.29, 1.82) is 0 Å². The Morgan fingerprint density at radius 1 is 0.649 bits per heavy atom. The average Bonchev–Trinajstić information content (AvgIpc) is 2.88. The van der Waals surface area contributed by atoms with Gasteiger partial charge in [0.2, 0.25) is 0 Å². The van der Waals surface area contributed by atoms with Gasteiger partial charge in [-0.25, -0.2) is 0 Å². The summed E-state index contributed by atoms with van der Waals surface area (Å²) in [6, 6.07) is 19.0. The Kier molecular flexibility index (Phi) is 9.19. The summed E-state index contributed by atoms with van der Waals surface area (Å²) >= 11 is 0. The lowest BCUT2D eigenvalue weighted by Gasteiger charge is -2.39. The summed E-state index contributed by atoms with van der Waals surface area (Å²) < 4.78 is 88.8. The molecule has 4 atom stereocenters. The molecule has 2 fully saturated rings. The lowest BCUT2D eigenvalue weighted by molar-refractivity contribution is -0.290. The highest BCUT2D eigenvalue weighted by atomic mass is 19.4. The van der Waals surface area contributed by atoms with Gasteiger partial charge in [-0.15, -0.1) is 0 Å². The third-order valence-corrected chi connectivity index (χ3v) is 7.46. The van der Waals surface area contributed by atoms with E-state index in [1.54, 1.807) is 9.80 Å². The Morgan fingerprint density at radius 2 is 1.03 bits per heavy atom. The van der Waals surface area contributed by atoms with E-state index in [1.807, 2.05) is 60.7 Å². The molecular weight excluding hydrogens is 494 g/mol. The maximum absolute atomic E-state index is 14.0. The molecule has 9 heteroatoms. The van der Waals surface area contributed by atoms with Crippen LogP contribution in [0.1, 0.15) is 48.6 Å². The summed E-state index contributed by atoms with van der Waals surface area (Å²) in [6.45, 7) is 0.322. The van der Waals surface area contributed by atoms with Crippen LogP contribution in [0.5, 0.6) is 0 Å². The molecule has 2 aliphatic rings. The minimum atomic E-state index is -4.91. The molecule has 0 aliphatic carbocycles. The van der Waals surface area contributed by atoms with E-state index >= 15 is 0 Å². The summed E-state index contributed by atoms with van der Waals surface area (Å²) in [5.41, 5.74) is 2.06. The smallest absolute Gasteiger partial charge is 0.353 e. The van der Waals surface area contributed by atoms with Crippen molar-refractivity contribution in [2.24, 2.45) is 0 Å². The summed E-state index contributed by atoms with van der Waals surface area (Å²) in [7, 11) is 0. The highest BCUT2D eigenvalue weighted by molar-refractivity contribution is 5.21. The molecule has 0 radical (unpaired) electrons. The van der Waals surface area contributed by atoms with Crippen LogP contribution in [0.2, 0.25) is 0 Å². The van der Waals surface area contributed by atoms with Crippen molar-refractivity contribution in [2.45, 2.75) is 62.1 Å². The van der Waals surface area contributed by atoms with E-state index in [0.29, 0.717) is 39.0 Å². The summed E-state index contributed by atoms with van der Waals surface area (Å²) in [6.07, 6.45) is -11.8. The molecule has 37 heavy (non-hydrogen) atoms. The molecule has 0 aromatic heterocycles. The molecule has 2 aromatic carbocycles. The molecular formula is C28H34F6N2O. The largest absolute Gasteiger partial charge is 0.415 e. The van der Waals surface area contributed by atoms with Crippen LogP contribution in [0.3, 0.4) is 0 Å². The van der Waals surface area contributed by atoms with Gasteiger partial charge in [0.25, 0.3) is 0 Å². The fourth-order valence-corrected chi connectivity index (χ4v) is 5.55. The third kappa shape index (κ3) is 7.94. The minimum Gasteiger partial charge on any atom is -0.353 e. The fourth-order valence-electron chi connectivity index (χ4n) is 5.55. The molecule has 0 unspecified atom stereocenters. The van der Waals surface area contributed by atoms with Crippen LogP contribution in [0, 0.1) is 0 Å². The standard InChI is InChI=1S/C28H34F6N2O/c29-27(30,31)25(19-35-15-7-13-23(17-35)21-9-3-1-4-10-21)37-26(28(32,33)34)20-36-16-8-14-24(18-36)22-11-5-2-6-12-22/h1-6,9-12,23-26H,7-8,13-20H2/t23-,24-,25-,26-/m1/s1. The number of nitrogens with zero attached hydrogens (tertiary/aromatic N) is 2. The van der Waals surface area contributed by atoms with Gasteiger partial charge in [0.15, 0.2) is 12.2 Å². The first-order valence-corrected chi connectivity index (χ1v) is 12.9. The quantitative estimate of drug-likeness (QED) is 0.358. The second-order valence-electron chi connectivity index (χ2n) is 10.2. The molecule has 0 amide bonds. The van der Waals surface area contributed by atoms with Gasteiger partial charge in [-0.3, -0.25) is 9.80 Å². The molecule has 3 nitrogen and oxygen atoms in total. The lowest BCUT2D eigenvalue weighted by atomic mass is 9.90. The Balaban J connectivity index is 1.42. The average molecular weight is 529 g/mol. The Hall–Kier alpha value is -2.10. The molecule has 204 valence electrons. The highest BCUT2D eigenvalue weighted by Gasteiger charge is 2.50. The first-order chi connectivity index (χ1) is 17.6. The number of halogens is 6. The van der Waals surface area contributed by atoms with E-state index < -0.39 is 37.7 Å². The predicted molar refractivity (Wildman–Crippen MR) is 130 cm³/mol. The van der Waals surface area contributed by atoms with Gasteiger partial charge in [0.05, 0.1) is 0 Å². The second-order valence-corrected chi connectivity index (χ2v) is 10.2. The van der Waals surface area contributed by atoms with Gasteiger partial charge in [-0.1, -0.05) is 60.7 Å². The maximum Gasteiger partial charge on any atom is 0.415 e. The van der Waals surface area contributed by atoms with Crippen molar-refractivity contribution in [3.63, 3.8) is 0 Å². The van der Waals surface area contributed by atoms with Gasteiger partial charge in [-0.2, -0.15) is 26.3 Å². The molecule has 0 spiro atoms. The molecule has 4 rings (SSSR count). The summed E-state index contributed by atoms with van der Waals surface area (Å²) in [4.78, 5) is 3.19. The SMILES string of the molecule is FC(F)(F)[C@@H](CN1CCC[C@@H](c2ccccc2)C1)O[C@H](CN1CCC[C@@H](c2ccccc2)C1)C(F)(F)F. The summed E-state index contributed by atoms with van der Waals surface area (Å²) in [5.74, 6) is 0.0935. The predicted octanol–water partition coefficient (Wildman–Crippen LogP) is 6.62. The molecule has 2 aromatic rings. The van der Waals surface area contributed by atoms with Crippen LogP contribution in [0.15, 0.2) is 60.7 Å². The van der Waals surface area contributed by atoms with E-state index in [-0.39, 0.29) is 11.8 Å². The number of hydrogen-bond donors (Lipinski definition) is 0. The van der Waals surface area contributed by atoms with E-state index in [9.17, 15) is 26.3 Å². The topological polar surface area (TPSA) is 15.7 Å². The summed E-state index contributed by atoms with van der Waals surface area (Å²) in [5, 5.41) is 0. The van der Waals surface area contributed by atoms with Gasteiger partial charge >= 0.3 is 12.4 Å². The Labute approximate surface area is 214 Å². The zero-order valence-corrected chi connectivity index (χ0v) is 20.7. The lowest BCUT2D eigenvalue weighted by Crippen LogP contribution is -2.52. The van der Waals surface area contributed by atoms with E-state index in [1.165, 1.54) is 0 Å². The Bertz CT molecular complexity index is 875. The van der Waals surface area contributed by atoms with Crippen LogP contribution in [-0.2, 0) is 4.74 Å². The van der Waals surface area contributed by atoms with Crippen LogP contribution in [0.25, 0.3) is 0 Å². The van der Waals surface area contributed by atoms with Crippen LogP contribution in [-0.4, -0.2) is 73.6 Å². The number of rotatable bonds is 8. The van der Waals surface area contributed by atoms with E-state index in [2.05, 4.69) is 0 Å². The van der Waals surface area contributed by atoms with Crippen molar-refractivity contribution in [3.8, 4) is 0 Å². The number of benzene rings is 2. The molecule has 2 aliphatic heterocycles. The van der Waals surface area contributed by atoms with E-state index in [0.717, 1.165) is 24.0 Å². The first kappa shape index (κ1) is 27.9. The van der Waals surface area contributed by atoms with Gasteiger partial charge in [0, 0.05) is 26.2 Å². The van der Waals surface area contributed by atoms with Crippen molar-refractivity contribution in [1.82, 2.24) is 9.80 Å². The zero-order chi connectivity index (χ0) is 26.5. The number of piperidine rings is 2. The van der Waals surface area contributed by atoms with Crippen molar-refractivity contribution >= 4 is 0 Å². The fraction of sp³-hybridized carbons (Fsp3) is 0.571. The first-order valence-electron chi connectivity index (χ1n) is 12.9. The molecule has 0 bridgehead atoms. The maximum atomic E-state index is 14.0. The second kappa shape index (κ2) is 12.2. The van der Waals surface area contributed by atoms with E-state index in [4.69, 9.17) is 4.74 Å². The monoisotopic (exact) mass is 528 g/mol. The number of hydrogen-bond acceptors (Lipinski definition) is 3. The van der Waals surface area contributed by atoms with Crippen LogP contribution in [0.4, 0.5) is 26.3 Å². The molecule has 2 heterocycles. The van der Waals surface area contributed by atoms with Crippen LogP contribution >= 0.6 is 0 Å². The number of alkyl halides is 6. The third-order valence-electron chi connectivity index (χ3n) is 7.46. The van der Waals surface area contributed by atoms with Gasteiger partial charge < -0.3 is 4.74 Å². The molecule has 0 N–H and O–H groups in total. The van der Waals surface area contributed by atoms with Crippen LogP contribution < -0.4 is 0 Å². The van der Waals surface area contributed by atoms with Crippen molar-refractivity contribution < 1.29 is 31.1 Å².